The summed E-state index contributed by atoms with van der Waals surface area (Å²) in [7, 11) is 0. The zero-order chi connectivity index (χ0) is 13.4. The van der Waals surface area contributed by atoms with Crippen molar-refractivity contribution in [2.45, 2.75) is 19.8 Å². The van der Waals surface area contributed by atoms with Crippen molar-refractivity contribution in [1.82, 2.24) is 5.12 Å². The predicted octanol–water partition coefficient (Wildman–Crippen LogP) is 0.851. The van der Waals surface area contributed by atoms with E-state index in [1.807, 2.05) is 0 Å². The summed E-state index contributed by atoms with van der Waals surface area (Å²) in [6.07, 6.45) is 2.64. The van der Waals surface area contributed by atoms with E-state index < -0.39 is 0 Å². The topological polar surface area (TPSA) is 96.7 Å². The van der Waals surface area contributed by atoms with Crippen LogP contribution in [0.25, 0.3) is 0 Å². The van der Waals surface area contributed by atoms with Crippen molar-refractivity contribution in [1.29, 1.82) is 0 Å². The van der Waals surface area contributed by atoms with Gasteiger partial charge in [0.05, 0.1) is 6.54 Å². The first-order valence-corrected chi connectivity index (χ1v) is 5.84. The summed E-state index contributed by atoms with van der Waals surface area (Å²) < 4.78 is 0. The van der Waals surface area contributed by atoms with Gasteiger partial charge in [-0.1, -0.05) is 13.3 Å². The lowest BCUT2D eigenvalue weighted by Crippen LogP contribution is -2.30. The fraction of sp³-hybridized carbons (Fsp3) is 0.333. The zero-order valence-corrected chi connectivity index (χ0v) is 10.5. The molecule has 98 valence electrons. The third kappa shape index (κ3) is 4.42. The normalized spacial score (nSPS) is 11.1. The van der Waals surface area contributed by atoms with Gasteiger partial charge in [-0.15, -0.1) is 5.10 Å². The van der Waals surface area contributed by atoms with Crippen LogP contribution in [-0.2, 0) is 4.79 Å². The molecule has 1 aromatic carbocycles. The number of hydrogen-bond acceptors (Lipinski definition) is 4. The molecule has 0 radical (unpaired) electrons. The van der Waals surface area contributed by atoms with Crippen LogP contribution in [0.2, 0.25) is 0 Å². The molecular formula is C12H19N5O. The van der Waals surface area contributed by atoms with Crippen molar-refractivity contribution in [2.24, 2.45) is 16.7 Å². The molecule has 0 fully saturated rings. The lowest BCUT2D eigenvalue weighted by atomic mass is 10.2. The van der Waals surface area contributed by atoms with Crippen LogP contribution in [0.15, 0.2) is 29.4 Å². The summed E-state index contributed by atoms with van der Waals surface area (Å²) in [4.78, 5) is 10.3. The molecule has 0 saturated heterocycles. The Morgan fingerprint density at radius 3 is 2.67 bits per heavy atom. The summed E-state index contributed by atoms with van der Waals surface area (Å²) in [5.74, 6) is 6.04. The molecule has 5 N–H and O–H groups in total. The number of amides is 1. The molecule has 0 aliphatic heterocycles. The van der Waals surface area contributed by atoms with Gasteiger partial charge in [0.15, 0.2) is 5.84 Å². The van der Waals surface area contributed by atoms with Gasteiger partial charge < -0.3 is 11.1 Å². The van der Waals surface area contributed by atoms with Crippen LogP contribution in [0.3, 0.4) is 0 Å². The Bertz CT molecular complexity index is 401. The van der Waals surface area contributed by atoms with E-state index in [1.165, 1.54) is 5.12 Å². The van der Waals surface area contributed by atoms with Gasteiger partial charge in [0.1, 0.15) is 0 Å². The Morgan fingerprint density at radius 1 is 1.44 bits per heavy atom. The third-order valence-electron chi connectivity index (χ3n) is 2.38. The fourth-order valence-electron chi connectivity index (χ4n) is 1.37. The van der Waals surface area contributed by atoms with Crippen LogP contribution in [-0.4, -0.2) is 23.9 Å². The molecule has 0 aromatic heterocycles. The lowest BCUT2D eigenvalue weighted by molar-refractivity contribution is -0.105. The second-order valence-corrected chi connectivity index (χ2v) is 3.84. The SMILES string of the molecule is CCCCN(N)/N=C(\N)c1ccc(NC=O)cc1. The van der Waals surface area contributed by atoms with Gasteiger partial charge in [0.25, 0.3) is 0 Å². The highest BCUT2D eigenvalue weighted by atomic mass is 16.1. The number of benzene rings is 1. The van der Waals surface area contributed by atoms with E-state index in [2.05, 4.69) is 17.3 Å². The van der Waals surface area contributed by atoms with E-state index in [4.69, 9.17) is 11.6 Å². The number of nitrogens with two attached hydrogens (primary N) is 2. The number of hydrazone groups is 1. The van der Waals surface area contributed by atoms with Gasteiger partial charge in [-0.25, -0.2) is 11.0 Å². The van der Waals surface area contributed by atoms with E-state index in [0.29, 0.717) is 24.5 Å². The molecule has 1 amide bonds. The van der Waals surface area contributed by atoms with E-state index in [9.17, 15) is 4.79 Å². The van der Waals surface area contributed by atoms with Crippen LogP contribution in [0.5, 0.6) is 0 Å². The van der Waals surface area contributed by atoms with E-state index in [-0.39, 0.29) is 0 Å². The summed E-state index contributed by atoms with van der Waals surface area (Å²) >= 11 is 0. The smallest absolute Gasteiger partial charge is 0.211 e. The quantitative estimate of drug-likeness (QED) is 0.219. The molecule has 6 heteroatoms. The third-order valence-corrected chi connectivity index (χ3v) is 2.38. The first-order chi connectivity index (χ1) is 8.67. The number of anilines is 1. The Morgan fingerprint density at radius 2 is 2.11 bits per heavy atom. The maximum Gasteiger partial charge on any atom is 0.211 e. The average Bonchev–Trinajstić information content (AvgIpc) is 2.37. The number of nitrogens with one attached hydrogen (secondary N) is 1. The van der Waals surface area contributed by atoms with E-state index >= 15 is 0 Å². The number of carbonyl (C=O) groups is 1. The molecule has 6 nitrogen and oxygen atoms in total. The highest BCUT2D eigenvalue weighted by Crippen LogP contribution is 2.08. The minimum Gasteiger partial charge on any atom is -0.382 e. The molecule has 0 aliphatic carbocycles. The fourth-order valence-corrected chi connectivity index (χ4v) is 1.37. The van der Waals surface area contributed by atoms with Gasteiger partial charge >= 0.3 is 0 Å². The first-order valence-electron chi connectivity index (χ1n) is 5.84. The maximum absolute atomic E-state index is 10.3. The average molecular weight is 249 g/mol. The van der Waals surface area contributed by atoms with Crippen molar-refractivity contribution in [2.75, 3.05) is 11.9 Å². The summed E-state index contributed by atoms with van der Waals surface area (Å²) in [6.45, 7) is 2.75. The van der Waals surface area contributed by atoms with Crippen molar-refractivity contribution < 1.29 is 4.79 Å². The molecular weight excluding hydrogens is 230 g/mol. The second kappa shape index (κ2) is 7.29. The molecule has 0 bridgehead atoms. The van der Waals surface area contributed by atoms with Crippen LogP contribution >= 0.6 is 0 Å². The largest absolute Gasteiger partial charge is 0.382 e. The molecule has 1 rings (SSSR count). The van der Waals surface area contributed by atoms with Crippen LogP contribution in [0.1, 0.15) is 25.3 Å². The monoisotopic (exact) mass is 249 g/mol. The Kier molecular flexibility index (Phi) is 5.66. The number of rotatable bonds is 7. The van der Waals surface area contributed by atoms with Crippen molar-refractivity contribution in [3.63, 3.8) is 0 Å². The minimum absolute atomic E-state index is 0.353. The highest BCUT2D eigenvalue weighted by molar-refractivity contribution is 5.97. The summed E-state index contributed by atoms with van der Waals surface area (Å²) in [5, 5.41) is 7.97. The standard InChI is InChI=1S/C12H19N5O/c1-2-3-8-17(14)16-12(13)10-4-6-11(7-5-10)15-9-18/h4-7,9H,2-3,8,14H2,1H3,(H2,13,16)(H,15,18). The van der Waals surface area contributed by atoms with Crippen LogP contribution < -0.4 is 16.9 Å². The van der Waals surface area contributed by atoms with Gasteiger partial charge in [-0.2, -0.15) is 0 Å². The molecule has 18 heavy (non-hydrogen) atoms. The van der Waals surface area contributed by atoms with Crippen LogP contribution in [0.4, 0.5) is 5.69 Å². The second-order valence-electron chi connectivity index (χ2n) is 3.84. The Labute approximate surface area is 107 Å². The number of carbonyl (C=O) groups excluding carboxylic acids is 1. The molecule has 0 atom stereocenters. The number of hydrogen-bond donors (Lipinski definition) is 3. The number of amidine groups is 1. The first kappa shape index (κ1) is 14.0. The summed E-state index contributed by atoms with van der Waals surface area (Å²) in [5.41, 5.74) is 7.30. The van der Waals surface area contributed by atoms with Crippen molar-refractivity contribution in [3.05, 3.63) is 29.8 Å². The summed E-state index contributed by atoms with van der Waals surface area (Å²) in [6, 6.07) is 7.05. The molecule has 0 heterocycles. The predicted molar refractivity (Wildman–Crippen MR) is 72.7 cm³/mol. The van der Waals surface area contributed by atoms with E-state index in [1.54, 1.807) is 24.3 Å². The highest BCUT2D eigenvalue weighted by Gasteiger charge is 2.01. The number of hydrazine groups is 1. The zero-order valence-electron chi connectivity index (χ0n) is 10.5. The van der Waals surface area contributed by atoms with Gasteiger partial charge in [-0.05, 0) is 30.7 Å². The van der Waals surface area contributed by atoms with E-state index in [0.717, 1.165) is 18.4 Å². The van der Waals surface area contributed by atoms with Crippen LogP contribution in [0, 0.1) is 0 Å². The van der Waals surface area contributed by atoms with Gasteiger partial charge in [0, 0.05) is 11.3 Å². The van der Waals surface area contributed by atoms with Crippen molar-refractivity contribution in [3.8, 4) is 0 Å². The van der Waals surface area contributed by atoms with Gasteiger partial charge in [-0.3, -0.25) is 4.79 Å². The molecule has 1 aromatic rings. The molecule has 0 unspecified atom stereocenters. The molecule has 0 aliphatic rings. The number of unbranched alkanes of at least 4 members (excludes halogenated alkanes) is 1. The van der Waals surface area contributed by atoms with Crippen molar-refractivity contribution >= 4 is 17.9 Å². The van der Waals surface area contributed by atoms with Gasteiger partial charge in [0.2, 0.25) is 6.41 Å². The minimum atomic E-state index is 0.353. The number of nitrogens with zero attached hydrogens (tertiary/aromatic N) is 2. The Hall–Kier alpha value is -2.08. The molecule has 0 spiro atoms. The lowest BCUT2D eigenvalue weighted by Gasteiger charge is -2.12. The maximum atomic E-state index is 10.3. The Balaban J connectivity index is 2.67. The molecule has 0 saturated carbocycles.